The van der Waals surface area contributed by atoms with Gasteiger partial charge in [-0.2, -0.15) is 5.10 Å². The second-order valence-electron chi connectivity index (χ2n) is 6.58. The van der Waals surface area contributed by atoms with E-state index in [1.807, 2.05) is 0 Å². The van der Waals surface area contributed by atoms with Gasteiger partial charge >= 0.3 is 0 Å². The van der Waals surface area contributed by atoms with Gasteiger partial charge in [-0.3, -0.25) is 4.68 Å². The lowest BCUT2D eigenvalue weighted by molar-refractivity contribution is 0.415. The van der Waals surface area contributed by atoms with Crippen LogP contribution in [0.2, 0.25) is 0 Å². The monoisotopic (exact) mass is 261 g/mol. The summed E-state index contributed by atoms with van der Waals surface area (Å²) in [5.41, 5.74) is 1.85. The van der Waals surface area contributed by atoms with Gasteiger partial charge in [0, 0.05) is 19.3 Å². The minimum Gasteiger partial charge on any atom is -0.311 e. The molecule has 0 atom stereocenters. The lowest BCUT2D eigenvalue weighted by Gasteiger charge is -2.14. The topological polar surface area (TPSA) is 29.9 Å². The predicted molar refractivity (Wildman–Crippen MR) is 78.0 cm³/mol. The van der Waals surface area contributed by atoms with Crippen molar-refractivity contribution in [3.8, 4) is 0 Å². The number of aromatic nitrogens is 2. The van der Waals surface area contributed by atoms with Crippen LogP contribution in [0.15, 0.2) is 12.3 Å². The molecule has 0 aliphatic heterocycles. The molecular weight excluding hydrogens is 234 g/mol. The lowest BCUT2D eigenvalue weighted by atomic mass is 10.0. The first-order valence-corrected chi connectivity index (χ1v) is 8.06. The quantitative estimate of drug-likeness (QED) is 0.811. The van der Waals surface area contributed by atoms with E-state index < -0.39 is 0 Å². The van der Waals surface area contributed by atoms with Crippen molar-refractivity contribution in [2.75, 3.05) is 6.54 Å². The molecule has 1 N–H and O–H groups in total. The average Bonchev–Trinajstić information content (AvgIpc) is 2.87. The minimum atomic E-state index is 0.642. The standard InChI is InChI=1S/C16H27N3/c1-2-8-16(9-10-16)13-17-12-14-7-11-19(18-14)15-5-3-4-6-15/h7,11,15,17H,2-6,8-10,12-13H2,1H3. The zero-order chi connectivity index (χ0) is 13.1. The van der Waals surface area contributed by atoms with Gasteiger partial charge in [0.25, 0.3) is 0 Å². The van der Waals surface area contributed by atoms with Gasteiger partial charge in [0.15, 0.2) is 0 Å². The fraction of sp³-hybridized carbons (Fsp3) is 0.812. The van der Waals surface area contributed by atoms with Crippen LogP contribution in [0, 0.1) is 5.41 Å². The Hall–Kier alpha value is -0.830. The number of rotatable bonds is 7. The third-order valence-corrected chi connectivity index (χ3v) is 4.91. The van der Waals surface area contributed by atoms with E-state index in [-0.39, 0.29) is 0 Å². The molecule has 2 saturated carbocycles. The van der Waals surface area contributed by atoms with Crippen LogP contribution in [0.5, 0.6) is 0 Å². The molecule has 2 aliphatic carbocycles. The molecule has 0 bridgehead atoms. The summed E-state index contributed by atoms with van der Waals surface area (Å²) in [6.07, 6.45) is 13.1. The van der Waals surface area contributed by atoms with E-state index >= 15 is 0 Å². The Labute approximate surface area is 116 Å². The molecule has 1 heterocycles. The molecule has 2 fully saturated rings. The molecule has 3 rings (SSSR count). The van der Waals surface area contributed by atoms with Crippen molar-refractivity contribution >= 4 is 0 Å². The molecule has 106 valence electrons. The summed E-state index contributed by atoms with van der Waals surface area (Å²) in [6.45, 7) is 4.41. The highest BCUT2D eigenvalue weighted by Crippen LogP contribution is 2.48. The Kier molecular flexibility index (Phi) is 3.92. The molecule has 0 radical (unpaired) electrons. The Morgan fingerprint density at radius 1 is 1.37 bits per heavy atom. The predicted octanol–water partition coefficient (Wildman–Crippen LogP) is 3.67. The van der Waals surface area contributed by atoms with Gasteiger partial charge in [0.05, 0.1) is 11.7 Å². The van der Waals surface area contributed by atoms with Crippen molar-refractivity contribution in [3.63, 3.8) is 0 Å². The largest absolute Gasteiger partial charge is 0.311 e. The zero-order valence-corrected chi connectivity index (χ0v) is 12.2. The average molecular weight is 261 g/mol. The third-order valence-electron chi connectivity index (χ3n) is 4.91. The Morgan fingerprint density at radius 3 is 2.84 bits per heavy atom. The molecule has 3 heteroatoms. The van der Waals surface area contributed by atoms with Crippen LogP contribution >= 0.6 is 0 Å². The first-order chi connectivity index (χ1) is 9.31. The van der Waals surface area contributed by atoms with E-state index in [0.717, 1.165) is 6.54 Å². The van der Waals surface area contributed by atoms with Gasteiger partial charge in [0.1, 0.15) is 0 Å². The second kappa shape index (κ2) is 5.66. The fourth-order valence-corrected chi connectivity index (χ4v) is 3.52. The van der Waals surface area contributed by atoms with Gasteiger partial charge in [-0.15, -0.1) is 0 Å². The van der Waals surface area contributed by atoms with Crippen molar-refractivity contribution < 1.29 is 0 Å². The van der Waals surface area contributed by atoms with Crippen molar-refractivity contribution in [1.29, 1.82) is 0 Å². The van der Waals surface area contributed by atoms with Crippen LogP contribution < -0.4 is 5.32 Å². The molecule has 1 aromatic heterocycles. The van der Waals surface area contributed by atoms with Crippen LogP contribution in [-0.4, -0.2) is 16.3 Å². The molecule has 0 amide bonds. The van der Waals surface area contributed by atoms with Crippen LogP contribution in [0.1, 0.15) is 70.0 Å². The second-order valence-corrected chi connectivity index (χ2v) is 6.58. The highest BCUT2D eigenvalue weighted by Gasteiger charge is 2.40. The number of hydrogen-bond donors (Lipinski definition) is 1. The van der Waals surface area contributed by atoms with Crippen molar-refractivity contribution in [3.05, 3.63) is 18.0 Å². The summed E-state index contributed by atoms with van der Waals surface area (Å²) in [5, 5.41) is 8.35. The van der Waals surface area contributed by atoms with Crippen LogP contribution in [-0.2, 0) is 6.54 Å². The summed E-state index contributed by atoms with van der Waals surface area (Å²) in [4.78, 5) is 0. The highest BCUT2D eigenvalue weighted by atomic mass is 15.3. The van der Waals surface area contributed by atoms with Crippen LogP contribution in [0.3, 0.4) is 0 Å². The fourth-order valence-electron chi connectivity index (χ4n) is 3.52. The Balaban J connectivity index is 1.45. The van der Waals surface area contributed by atoms with E-state index in [4.69, 9.17) is 5.10 Å². The minimum absolute atomic E-state index is 0.642. The normalized spacial score (nSPS) is 21.9. The number of hydrogen-bond acceptors (Lipinski definition) is 2. The van der Waals surface area contributed by atoms with E-state index in [1.165, 1.54) is 63.6 Å². The van der Waals surface area contributed by atoms with E-state index in [2.05, 4.69) is 29.2 Å². The van der Waals surface area contributed by atoms with Crippen molar-refractivity contribution in [2.24, 2.45) is 5.41 Å². The molecule has 0 spiro atoms. The first-order valence-electron chi connectivity index (χ1n) is 8.06. The van der Waals surface area contributed by atoms with E-state index in [9.17, 15) is 0 Å². The Bertz CT molecular complexity index is 400. The zero-order valence-electron chi connectivity index (χ0n) is 12.2. The Morgan fingerprint density at radius 2 is 2.16 bits per heavy atom. The van der Waals surface area contributed by atoms with E-state index in [0.29, 0.717) is 11.5 Å². The van der Waals surface area contributed by atoms with E-state index in [1.54, 1.807) is 0 Å². The summed E-state index contributed by atoms with van der Waals surface area (Å²) in [5.74, 6) is 0. The maximum Gasteiger partial charge on any atom is 0.0762 e. The first kappa shape index (κ1) is 13.2. The highest BCUT2D eigenvalue weighted by molar-refractivity contribution is 5.01. The van der Waals surface area contributed by atoms with Gasteiger partial charge in [-0.25, -0.2) is 0 Å². The third kappa shape index (κ3) is 3.19. The van der Waals surface area contributed by atoms with Gasteiger partial charge < -0.3 is 5.32 Å². The molecule has 2 aliphatic rings. The molecule has 3 nitrogen and oxygen atoms in total. The lowest BCUT2D eigenvalue weighted by Crippen LogP contribution is -2.23. The molecule has 0 unspecified atom stereocenters. The van der Waals surface area contributed by atoms with Crippen LogP contribution in [0.4, 0.5) is 0 Å². The SMILES string of the molecule is CCCC1(CNCc2ccn(C3CCCC3)n2)CC1. The van der Waals surface area contributed by atoms with Gasteiger partial charge in [-0.1, -0.05) is 26.2 Å². The van der Waals surface area contributed by atoms with Crippen molar-refractivity contribution in [1.82, 2.24) is 15.1 Å². The summed E-state index contributed by atoms with van der Waals surface area (Å²) in [6, 6.07) is 2.86. The molecule has 1 aromatic rings. The van der Waals surface area contributed by atoms with Gasteiger partial charge in [0.2, 0.25) is 0 Å². The summed E-state index contributed by atoms with van der Waals surface area (Å²) in [7, 11) is 0. The number of nitrogens with one attached hydrogen (secondary N) is 1. The summed E-state index contributed by atoms with van der Waals surface area (Å²) >= 11 is 0. The molecular formula is C16H27N3. The van der Waals surface area contributed by atoms with Crippen molar-refractivity contribution in [2.45, 2.75) is 70.9 Å². The smallest absolute Gasteiger partial charge is 0.0762 e. The molecule has 0 aromatic carbocycles. The van der Waals surface area contributed by atoms with Crippen LogP contribution in [0.25, 0.3) is 0 Å². The number of nitrogens with zero attached hydrogens (tertiary/aromatic N) is 2. The van der Waals surface area contributed by atoms with Gasteiger partial charge in [-0.05, 0) is 43.6 Å². The maximum absolute atomic E-state index is 4.73. The molecule has 19 heavy (non-hydrogen) atoms. The molecule has 0 saturated heterocycles. The summed E-state index contributed by atoms with van der Waals surface area (Å²) < 4.78 is 2.20. The maximum atomic E-state index is 4.73.